The average molecular weight is 395 g/mol. The minimum Gasteiger partial charge on any atom is -0.348 e. The zero-order chi connectivity index (χ0) is 19.3. The number of anilines is 1. The second-order valence-electron chi connectivity index (χ2n) is 6.19. The van der Waals surface area contributed by atoms with Gasteiger partial charge in [-0.25, -0.2) is 8.42 Å². The van der Waals surface area contributed by atoms with Crippen molar-refractivity contribution in [2.24, 2.45) is 0 Å². The van der Waals surface area contributed by atoms with Crippen molar-refractivity contribution in [2.75, 3.05) is 17.1 Å². The number of hydrogen-bond acceptors (Lipinski definition) is 3. The van der Waals surface area contributed by atoms with Crippen LogP contribution in [-0.2, 0) is 14.8 Å². The second-order valence-corrected chi connectivity index (χ2v) is 8.53. The van der Waals surface area contributed by atoms with E-state index in [2.05, 4.69) is 5.32 Å². The van der Waals surface area contributed by atoms with Crippen molar-refractivity contribution in [1.82, 2.24) is 5.32 Å². The molecule has 0 fully saturated rings. The van der Waals surface area contributed by atoms with Gasteiger partial charge in [-0.15, -0.1) is 0 Å². The number of benzene rings is 2. The molecule has 0 aliphatic rings. The summed E-state index contributed by atoms with van der Waals surface area (Å²) in [6.07, 6.45) is 1.77. The Hall–Kier alpha value is -2.05. The van der Waals surface area contributed by atoms with Crippen LogP contribution in [-0.4, -0.2) is 27.1 Å². The van der Waals surface area contributed by atoms with E-state index in [0.29, 0.717) is 17.1 Å². The Morgan fingerprint density at radius 1 is 1.19 bits per heavy atom. The predicted octanol–water partition coefficient (Wildman–Crippen LogP) is 3.68. The SMILES string of the molecule is CC[C@@H](NC(=O)CN(c1cccc(Cl)c1)S(C)(=O)=O)c1ccc(C)cc1. The van der Waals surface area contributed by atoms with Crippen LogP contribution in [0.3, 0.4) is 0 Å². The van der Waals surface area contributed by atoms with E-state index < -0.39 is 10.0 Å². The van der Waals surface area contributed by atoms with Crippen molar-refractivity contribution in [3.05, 3.63) is 64.7 Å². The largest absolute Gasteiger partial charge is 0.348 e. The van der Waals surface area contributed by atoms with Gasteiger partial charge in [0.25, 0.3) is 0 Å². The van der Waals surface area contributed by atoms with Gasteiger partial charge in [0.15, 0.2) is 0 Å². The maximum absolute atomic E-state index is 12.5. The third-order valence-electron chi connectivity index (χ3n) is 4.01. The van der Waals surface area contributed by atoms with Crippen molar-refractivity contribution in [1.29, 1.82) is 0 Å². The van der Waals surface area contributed by atoms with Gasteiger partial charge in [-0.3, -0.25) is 9.10 Å². The monoisotopic (exact) mass is 394 g/mol. The molecule has 0 aliphatic heterocycles. The summed E-state index contributed by atoms with van der Waals surface area (Å²) < 4.78 is 25.3. The number of sulfonamides is 1. The number of carbonyl (C=O) groups is 1. The van der Waals surface area contributed by atoms with Crippen molar-refractivity contribution in [3.63, 3.8) is 0 Å². The Labute approximate surface area is 160 Å². The van der Waals surface area contributed by atoms with Crippen LogP contribution in [0.5, 0.6) is 0 Å². The van der Waals surface area contributed by atoms with Crippen molar-refractivity contribution in [3.8, 4) is 0 Å². The van der Waals surface area contributed by atoms with Gasteiger partial charge in [-0.1, -0.05) is 54.4 Å². The fourth-order valence-corrected chi connectivity index (χ4v) is 3.65. The molecule has 0 spiro atoms. The van der Waals surface area contributed by atoms with Crippen molar-refractivity contribution in [2.45, 2.75) is 26.3 Å². The molecule has 2 aromatic carbocycles. The van der Waals surface area contributed by atoms with Crippen LogP contribution >= 0.6 is 11.6 Å². The van der Waals surface area contributed by atoms with Gasteiger partial charge in [-0.2, -0.15) is 0 Å². The first kappa shape index (κ1) is 20.3. The fourth-order valence-electron chi connectivity index (χ4n) is 2.62. The Morgan fingerprint density at radius 3 is 2.38 bits per heavy atom. The normalized spacial score (nSPS) is 12.5. The highest BCUT2D eigenvalue weighted by Crippen LogP contribution is 2.22. The van der Waals surface area contributed by atoms with E-state index in [1.165, 1.54) is 6.07 Å². The van der Waals surface area contributed by atoms with Gasteiger partial charge in [0.1, 0.15) is 6.54 Å². The number of carbonyl (C=O) groups excluding carboxylic acids is 1. The molecule has 7 heteroatoms. The third-order valence-corrected chi connectivity index (χ3v) is 5.38. The number of halogens is 1. The summed E-state index contributed by atoms with van der Waals surface area (Å²) in [6, 6.07) is 14.2. The molecule has 2 aromatic rings. The van der Waals surface area contributed by atoms with E-state index in [4.69, 9.17) is 11.6 Å². The van der Waals surface area contributed by atoms with Crippen LogP contribution in [0.2, 0.25) is 5.02 Å². The first-order valence-electron chi connectivity index (χ1n) is 8.30. The maximum atomic E-state index is 12.5. The molecule has 1 atom stereocenters. The summed E-state index contributed by atoms with van der Waals surface area (Å²) >= 11 is 5.95. The van der Waals surface area contributed by atoms with Crippen LogP contribution in [0.1, 0.15) is 30.5 Å². The second kappa shape index (κ2) is 8.56. The van der Waals surface area contributed by atoms with Crippen LogP contribution in [0.4, 0.5) is 5.69 Å². The zero-order valence-corrected chi connectivity index (χ0v) is 16.6. The lowest BCUT2D eigenvalue weighted by Crippen LogP contribution is -2.41. The molecule has 1 amide bonds. The smallest absolute Gasteiger partial charge is 0.241 e. The van der Waals surface area contributed by atoms with Crippen LogP contribution in [0.25, 0.3) is 0 Å². The van der Waals surface area contributed by atoms with Gasteiger partial charge in [0, 0.05) is 5.02 Å². The molecule has 0 heterocycles. The summed E-state index contributed by atoms with van der Waals surface area (Å²) in [6.45, 7) is 3.66. The fraction of sp³-hybridized carbons (Fsp3) is 0.316. The van der Waals surface area contributed by atoms with Crippen molar-refractivity contribution < 1.29 is 13.2 Å². The Kier molecular flexibility index (Phi) is 6.67. The molecule has 0 bridgehead atoms. The zero-order valence-electron chi connectivity index (χ0n) is 15.1. The summed E-state index contributed by atoms with van der Waals surface area (Å²) in [5, 5.41) is 3.32. The van der Waals surface area contributed by atoms with E-state index in [1.807, 2.05) is 38.1 Å². The molecule has 0 radical (unpaired) electrons. The summed E-state index contributed by atoms with van der Waals surface area (Å²) in [5.74, 6) is -0.372. The molecule has 0 aliphatic carbocycles. The molecule has 140 valence electrons. The lowest BCUT2D eigenvalue weighted by Gasteiger charge is -2.24. The number of nitrogens with one attached hydrogen (secondary N) is 1. The van der Waals surface area contributed by atoms with E-state index in [0.717, 1.165) is 21.7 Å². The molecule has 0 unspecified atom stereocenters. The van der Waals surface area contributed by atoms with E-state index >= 15 is 0 Å². The summed E-state index contributed by atoms with van der Waals surface area (Å²) in [4.78, 5) is 12.5. The molecule has 26 heavy (non-hydrogen) atoms. The number of hydrogen-bond donors (Lipinski definition) is 1. The van der Waals surface area contributed by atoms with Crippen molar-refractivity contribution >= 4 is 33.2 Å². The maximum Gasteiger partial charge on any atom is 0.241 e. The Balaban J connectivity index is 2.17. The highest BCUT2D eigenvalue weighted by atomic mass is 35.5. The quantitative estimate of drug-likeness (QED) is 0.778. The van der Waals surface area contributed by atoms with Gasteiger partial charge in [-0.05, 0) is 37.1 Å². The summed E-state index contributed by atoms with van der Waals surface area (Å²) in [5.41, 5.74) is 2.48. The lowest BCUT2D eigenvalue weighted by molar-refractivity contribution is -0.120. The van der Waals surface area contributed by atoms with Gasteiger partial charge < -0.3 is 5.32 Å². The van der Waals surface area contributed by atoms with Crippen LogP contribution in [0, 0.1) is 6.92 Å². The topological polar surface area (TPSA) is 66.5 Å². The highest BCUT2D eigenvalue weighted by Gasteiger charge is 2.22. The minimum atomic E-state index is -3.63. The third kappa shape index (κ3) is 5.47. The highest BCUT2D eigenvalue weighted by molar-refractivity contribution is 7.92. The molecular formula is C19H23ClN2O3S. The van der Waals surface area contributed by atoms with Gasteiger partial charge in [0.2, 0.25) is 15.9 Å². The van der Waals surface area contributed by atoms with E-state index in [1.54, 1.807) is 18.2 Å². The number of rotatable bonds is 7. The van der Waals surface area contributed by atoms with E-state index in [-0.39, 0.29) is 18.5 Å². The predicted molar refractivity (Wildman–Crippen MR) is 106 cm³/mol. The lowest BCUT2D eigenvalue weighted by atomic mass is 10.0. The number of amides is 1. The Morgan fingerprint density at radius 2 is 1.85 bits per heavy atom. The molecule has 0 saturated carbocycles. The Bertz CT molecular complexity index is 867. The molecule has 1 N–H and O–H groups in total. The van der Waals surface area contributed by atoms with Crippen LogP contribution < -0.4 is 9.62 Å². The first-order chi connectivity index (χ1) is 12.2. The van der Waals surface area contributed by atoms with Gasteiger partial charge in [0.05, 0.1) is 18.0 Å². The minimum absolute atomic E-state index is 0.177. The standard InChI is InChI=1S/C19H23ClN2O3S/c1-4-18(15-10-8-14(2)9-11-15)21-19(23)13-22(26(3,24)25)17-7-5-6-16(20)12-17/h5-12,18H,4,13H2,1-3H3,(H,21,23)/t18-/m1/s1. The molecule has 2 rings (SSSR count). The molecule has 5 nitrogen and oxygen atoms in total. The molecular weight excluding hydrogens is 372 g/mol. The summed E-state index contributed by atoms with van der Waals surface area (Å²) in [7, 11) is -3.63. The van der Waals surface area contributed by atoms with E-state index in [9.17, 15) is 13.2 Å². The van der Waals surface area contributed by atoms with Crippen LogP contribution in [0.15, 0.2) is 48.5 Å². The first-order valence-corrected chi connectivity index (χ1v) is 10.5. The molecule has 0 aromatic heterocycles. The number of nitrogens with zero attached hydrogens (tertiary/aromatic N) is 1. The average Bonchev–Trinajstić information content (AvgIpc) is 2.57. The molecule has 0 saturated heterocycles. The number of aryl methyl sites for hydroxylation is 1. The van der Waals surface area contributed by atoms with Gasteiger partial charge >= 0.3 is 0 Å².